The van der Waals surface area contributed by atoms with Crippen LogP contribution >= 0.6 is 23.4 Å². The number of benzene rings is 2. The van der Waals surface area contributed by atoms with Gasteiger partial charge in [-0.05, 0) is 24.3 Å². The van der Waals surface area contributed by atoms with Crippen molar-refractivity contribution in [3.05, 3.63) is 65.5 Å². The molecule has 0 atom stereocenters. The molecule has 124 valence electrons. The maximum atomic E-state index is 5.98. The molecule has 0 aliphatic rings. The molecule has 0 bridgehead atoms. The summed E-state index contributed by atoms with van der Waals surface area (Å²) in [4.78, 5) is 4.35. The van der Waals surface area contributed by atoms with Crippen molar-refractivity contribution < 1.29 is 8.94 Å². The molecule has 2 aromatic heterocycles. The highest BCUT2D eigenvalue weighted by Crippen LogP contribution is 2.26. The molecule has 0 aliphatic carbocycles. The average molecular weight is 371 g/mol. The highest BCUT2D eigenvalue weighted by molar-refractivity contribution is 7.98. The number of halogens is 1. The molecule has 0 saturated carbocycles. The zero-order chi connectivity index (χ0) is 17.1. The molecule has 2 aromatic carbocycles. The molecular weight excluding hydrogens is 360 g/mol. The summed E-state index contributed by atoms with van der Waals surface area (Å²) >= 11 is 7.32. The fourth-order valence-electron chi connectivity index (χ4n) is 2.15. The highest BCUT2D eigenvalue weighted by atomic mass is 35.5. The van der Waals surface area contributed by atoms with E-state index >= 15 is 0 Å². The van der Waals surface area contributed by atoms with Crippen LogP contribution in [0, 0.1) is 0 Å². The number of aromatic nitrogens is 4. The fraction of sp³-hybridized carbons (Fsp3) is 0.0588. The van der Waals surface area contributed by atoms with Gasteiger partial charge in [0.15, 0.2) is 0 Å². The summed E-state index contributed by atoms with van der Waals surface area (Å²) in [5.41, 5.74) is 1.68. The van der Waals surface area contributed by atoms with Crippen LogP contribution in [0.1, 0.15) is 5.89 Å². The number of hydrogen-bond acceptors (Lipinski definition) is 7. The first-order valence-electron chi connectivity index (χ1n) is 7.38. The van der Waals surface area contributed by atoms with Gasteiger partial charge in [-0.2, -0.15) is 4.98 Å². The van der Waals surface area contributed by atoms with Gasteiger partial charge in [0.2, 0.25) is 17.6 Å². The molecule has 8 heteroatoms. The van der Waals surface area contributed by atoms with E-state index in [1.165, 1.54) is 11.8 Å². The van der Waals surface area contributed by atoms with Crippen molar-refractivity contribution in [2.24, 2.45) is 0 Å². The van der Waals surface area contributed by atoms with E-state index in [1.807, 2.05) is 42.5 Å². The molecule has 4 aromatic rings. The van der Waals surface area contributed by atoms with Crippen molar-refractivity contribution in [3.63, 3.8) is 0 Å². The lowest BCUT2D eigenvalue weighted by Gasteiger charge is -1.94. The smallest absolute Gasteiger partial charge is 0.277 e. The third-order valence-corrected chi connectivity index (χ3v) is 4.34. The van der Waals surface area contributed by atoms with Crippen LogP contribution in [0.25, 0.3) is 22.8 Å². The standard InChI is InChI=1S/C17H11ClN4O2S/c18-13-8-4-7-12(9-13)15-19-14(24-22-15)10-25-17-21-20-16(23-17)11-5-2-1-3-6-11/h1-9H,10H2. The summed E-state index contributed by atoms with van der Waals surface area (Å²) in [6.07, 6.45) is 0. The summed E-state index contributed by atoms with van der Waals surface area (Å²) in [5.74, 6) is 1.88. The summed E-state index contributed by atoms with van der Waals surface area (Å²) < 4.78 is 10.9. The Kier molecular flexibility index (Phi) is 4.49. The third kappa shape index (κ3) is 3.72. The van der Waals surface area contributed by atoms with E-state index in [2.05, 4.69) is 20.3 Å². The SMILES string of the molecule is Clc1cccc(-c2noc(CSc3nnc(-c4ccccc4)o3)n2)c1. The highest BCUT2D eigenvalue weighted by Gasteiger charge is 2.13. The first kappa shape index (κ1) is 15.9. The Balaban J connectivity index is 1.43. The Morgan fingerprint density at radius 2 is 1.80 bits per heavy atom. The average Bonchev–Trinajstić information content (AvgIpc) is 3.30. The Morgan fingerprint density at radius 3 is 2.64 bits per heavy atom. The number of hydrogen-bond donors (Lipinski definition) is 0. The van der Waals surface area contributed by atoms with Crippen LogP contribution in [0.15, 0.2) is 68.8 Å². The monoisotopic (exact) mass is 370 g/mol. The molecular formula is C17H11ClN4O2S. The minimum absolute atomic E-state index is 0.435. The minimum atomic E-state index is 0.435. The van der Waals surface area contributed by atoms with Crippen molar-refractivity contribution in [3.8, 4) is 22.8 Å². The fourth-order valence-corrected chi connectivity index (χ4v) is 2.94. The predicted molar refractivity (Wildman–Crippen MR) is 94.0 cm³/mol. The van der Waals surface area contributed by atoms with Gasteiger partial charge in [-0.15, -0.1) is 10.2 Å². The van der Waals surface area contributed by atoms with Gasteiger partial charge in [0, 0.05) is 16.1 Å². The predicted octanol–water partition coefficient (Wildman–Crippen LogP) is 4.73. The summed E-state index contributed by atoms with van der Waals surface area (Å²) in [5, 5.41) is 13.1. The first-order valence-corrected chi connectivity index (χ1v) is 8.74. The van der Waals surface area contributed by atoms with Crippen LogP contribution in [0.5, 0.6) is 0 Å². The van der Waals surface area contributed by atoms with Crippen LogP contribution in [0.4, 0.5) is 0 Å². The molecule has 0 radical (unpaired) electrons. The summed E-state index contributed by atoms with van der Waals surface area (Å²) in [6.45, 7) is 0. The number of rotatable bonds is 5. The zero-order valence-corrected chi connectivity index (χ0v) is 14.4. The van der Waals surface area contributed by atoms with E-state index in [4.69, 9.17) is 20.5 Å². The van der Waals surface area contributed by atoms with Gasteiger partial charge in [0.05, 0.1) is 5.75 Å². The molecule has 25 heavy (non-hydrogen) atoms. The van der Waals surface area contributed by atoms with Crippen molar-refractivity contribution in [1.29, 1.82) is 0 Å². The molecule has 0 aliphatic heterocycles. The molecule has 0 saturated heterocycles. The molecule has 0 fully saturated rings. The second kappa shape index (κ2) is 7.08. The van der Waals surface area contributed by atoms with Gasteiger partial charge in [0.1, 0.15) is 0 Å². The Morgan fingerprint density at radius 1 is 0.960 bits per heavy atom. The summed E-state index contributed by atoms with van der Waals surface area (Å²) in [7, 11) is 0. The maximum Gasteiger partial charge on any atom is 0.277 e. The van der Waals surface area contributed by atoms with Crippen LogP contribution in [-0.2, 0) is 5.75 Å². The molecule has 0 spiro atoms. The first-order chi connectivity index (χ1) is 12.3. The summed E-state index contributed by atoms with van der Waals surface area (Å²) in [6, 6.07) is 16.9. The van der Waals surface area contributed by atoms with Crippen molar-refractivity contribution in [2.45, 2.75) is 11.0 Å². The van der Waals surface area contributed by atoms with E-state index in [0.29, 0.717) is 33.6 Å². The largest absolute Gasteiger partial charge is 0.411 e. The van der Waals surface area contributed by atoms with Gasteiger partial charge in [-0.25, -0.2) is 0 Å². The van der Waals surface area contributed by atoms with E-state index in [-0.39, 0.29) is 0 Å². The molecule has 4 rings (SSSR count). The van der Waals surface area contributed by atoms with E-state index in [9.17, 15) is 0 Å². The van der Waals surface area contributed by atoms with Crippen LogP contribution in [-0.4, -0.2) is 20.3 Å². The van der Waals surface area contributed by atoms with Crippen molar-refractivity contribution >= 4 is 23.4 Å². The van der Waals surface area contributed by atoms with Crippen LogP contribution < -0.4 is 0 Å². The lowest BCUT2D eigenvalue weighted by Crippen LogP contribution is -1.83. The van der Waals surface area contributed by atoms with Gasteiger partial charge in [-0.3, -0.25) is 0 Å². The second-order valence-corrected chi connectivity index (χ2v) is 6.41. The van der Waals surface area contributed by atoms with E-state index in [1.54, 1.807) is 12.1 Å². The van der Waals surface area contributed by atoms with Crippen LogP contribution in [0.2, 0.25) is 5.02 Å². The van der Waals surface area contributed by atoms with E-state index < -0.39 is 0 Å². The zero-order valence-electron chi connectivity index (χ0n) is 12.8. The third-order valence-electron chi connectivity index (χ3n) is 3.30. The number of thioether (sulfide) groups is 1. The Bertz CT molecular complexity index is 987. The van der Waals surface area contributed by atoms with Gasteiger partial charge in [-0.1, -0.05) is 58.9 Å². The van der Waals surface area contributed by atoms with Crippen LogP contribution in [0.3, 0.4) is 0 Å². The molecule has 6 nitrogen and oxygen atoms in total. The molecule has 0 amide bonds. The Labute approximate surface area is 152 Å². The Hall–Kier alpha value is -2.64. The minimum Gasteiger partial charge on any atom is -0.411 e. The van der Waals surface area contributed by atoms with Crippen molar-refractivity contribution in [1.82, 2.24) is 20.3 Å². The normalized spacial score (nSPS) is 10.9. The lowest BCUT2D eigenvalue weighted by molar-refractivity contribution is 0.391. The van der Waals surface area contributed by atoms with Gasteiger partial charge < -0.3 is 8.94 Å². The lowest BCUT2D eigenvalue weighted by atomic mass is 10.2. The van der Waals surface area contributed by atoms with E-state index in [0.717, 1.165) is 11.1 Å². The topological polar surface area (TPSA) is 77.8 Å². The number of nitrogens with zero attached hydrogens (tertiary/aromatic N) is 4. The quantitative estimate of drug-likeness (QED) is 0.470. The second-order valence-electron chi connectivity index (χ2n) is 5.05. The van der Waals surface area contributed by atoms with Gasteiger partial charge in [0.25, 0.3) is 5.22 Å². The maximum absolute atomic E-state index is 5.98. The molecule has 0 unspecified atom stereocenters. The van der Waals surface area contributed by atoms with Gasteiger partial charge >= 0.3 is 0 Å². The van der Waals surface area contributed by atoms with Crippen molar-refractivity contribution in [2.75, 3.05) is 0 Å². The molecule has 2 heterocycles. The molecule has 0 N–H and O–H groups in total.